The van der Waals surface area contributed by atoms with Gasteiger partial charge in [-0.15, -0.1) is 11.3 Å². The van der Waals surface area contributed by atoms with Crippen LogP contribution in [0.4, 0.5) is 11.4 Å². The molecular formula is C48H58N10O6S. The molecule has 0 bridgehead atoms. The molecule has 4 amide bonds. The number of nitrogens with one attached hydrogen (secondary N) is 4. The Labute approximate surface area is 383 Å². The lowest BCUT2D eigenvalue weighted by Gasteiger charge is -2.39. The highest BCUT2D eigenvalue weighted by molar-refractivity contribution is 7.13. The highest BCUT2D eigenvalue weighted by Crippen LogP contribution is 2.47. The summed E-state index contributed by atoms with van der Waals surface area (Å²) in [5, 5.41) is 26.8. The number of β-amino-alcohol motifs (C(OH)–C–C–N with tert-alkyl or cyclic N) is 1. The van der Waals surface area contributed by atoms with Crippen molar-refractivity contribution in [3.63, 3.8) is 0 Å². The SMILES string of the molecule is COc1cc(N2CCN(CC3(C(=O)N[C@H](C(=O)N4C[C@H](O)C[C@H]4C(=O)N[C@@H](C)c4ccc(-c5scnc5C)cc4)C(C)(C)C)CC3)CC2)ccc1NC(=O)c1cccc(-c2cc[nH]n2)n1. The van der Waals surface area contributed by atoms with E-state index in [4.69, 9.17) is 4.74 Å². The molecule has 3 aliphatic rings. The van der Waals surface area contributed by atoms with Crippen LogP contribution in [0.3, 0.4) is 0 Å². The number of H-pyrrole nitrogens is 1. The van der Waals surface area contributed by atoms with Gasteiger partial charge >= 0.3 is 0 Å². The number of hydrogen-bond acceptors (Lipinski definition) is 12. The van der Waals surface area contributed by atoms with E-state index >= 15 is 0 Å². The number of benzene rings is 2. The number of rotatable bonds is 14. The Morgan fingerprint density at radius 2 is 1.74 bits per heavy atom. The van der Waals surface area contributed by atoms with Crippen LogP contribution in [0.5, 0.6) is 5.75 Å². The molecule has 0 radical (unpaired) electrons. The van der Waals surface area contributed by atoms with E-state index in [0.717, 1.165) is 53.6 Å². The number of likely N-dealkylation sites (tertiary alicyclic amines) is 1. The molecule has 342 valence electrons. The van der Waals surface area contributed by atoms with Gasteiger partial charge in [0, 0.05) is 63.6 Å². The maximum atomic E-state index is 14.4. The van der Waals surface area contributed by atoms with Crippen molar-refractivity contribution in [2.45, 2.75) is 78.1 Å². The largest absolute Gasteiger partial charge is 0.494 e. The van der Waals surface area contributed by atoms with Crippen molar-refractivity contribution < 1.29 is 29.0 Å². The lowest BCUT2D eigenvalue weighted by atomic mass is 9.85. The molecule has 3 fully saturated rings. The highest BCUT2D eigenvalue weighted by atomic mass is 32.1. The van der Waals surface area contributed by atoms with Gasteiger partial charge in [-0.3, -0.25) is 29.2 Å². The number of aryl methyl sites for hydroxylation is 1. The quantitative estimate of drug-likeness (QED) is 0.0952. The molecule has 2 aliphatic heterocycles. The number of aromatic nitrogens is 4. The van der Waals surface area contributed by atoms with Gasteiger partial charge in [-0.2, -0.15) is 5.10 Å². The average molecular weight is 903 g/mol. The first-order valence-electron chi connectivity index (χ1n) is 22.2. The maximum Gasteiger partial charge on any atom is 0.274 e. The zero-order valence-electron chi connectivity index (χ0n) is 37.8. The minimum absolute atomic E-state index is 0.00839. The Balaban J connectivity index is 0.855. The molecule has 0 unspecified atom stereocenters. The lowest BCUT2D eigenvalue weighted by molar-refractivity contribution is -0.145. The van der Waals surface area contributed by atoms with Gasteiger partial charge in [0.15, 0.2) is 0 Å². The summed E-state index contributed by atoms with van der Waals surface area (Å²) in [6.07, 6.45) is 2.38. The molecule has 65 heavy (non-hydrogen) atoms. The smallest absolute Gasteiger partial charge is 0.274 e. The number of aliphatic hydroxyl groups excluding tert-OH is 1. The van der Waals surface area contributed by atoms with Crippen LogP contribution in [0.25, 0.3) is 21.8 Å². The van der Waals surface area contributed by atoms with Gasteiger partial charge in [-0.05, 0) is 73.6 Å². The maximum absolute atomic E-state index is 14.4. The average Bonchev–Trinajstić information content (AvgIpc) is 3.61. The number of pyridine rings is 1. The minimum atomic E-state index is -0.906. The Kier molecular flexibility index (Phi) is 13.1. The van der Waals surface area contributed by atoms with Crippen LogP contribution < -0.4 is 25.6 Å². The first kappa shape index (κ1) is 45.4. The number of piperazine rings is 1. The third kappa shape index (κ3) is 10.1. The van der Waals surface area contributed by atoms with Gasteiger partial charge in [-0.25, -0.2) is 9.97 Å². The second-order valence-electron chi connectivity index (χ2n) is 18.5. The molecular weight excluding hydrogens is 845 g/mol. The first-order chi connectivity index (χ1) is 31.1. The summed E-state index contributed by atoms with van der Waals surface area (Å²) in [5.74, 6) is -0.728. The van der Waals surface area contributed by atoms with E-state index in [1.165, 1.54) is 4.90 Å². The van der Waals surface area contributed by atoms with Gasteiger partial charge in [-0.1, -0.05) is 51.1 Å². The number of amides is 4. The minimum Gasteiger partial charge on any atom is -0.494 e. The van der Waals surface area contributed by atoms with E-state index in [-0.39, 0.29) is 48.3 Å². The van der Waals surface area contributed by atoms with Crippen LogP contribution in [-0.4, -0.2) is 123 Å². The molecule has 8 rings (SSSR count). The second-order valence-corrected chi connectivity index (χ2v) is 19.4. The molecule has 2 aromatic carbocycles. The van der Waals surface area contributed by atoms with Crippen molar-refractivity contribution in [3.05, 3.63) is 95.4 Å². The zero-order valence-corrected chi connectivity index (χ0v) is 38.6. The monoisotopic (exact) mass is 902 g/mol. The third-order valence-corrected chi connectivity index (χ3v) is 13.8. The summed E-state index contributed by atoms with van der Waals surface area (Å²) < 4.78 is 5.70. The predicted octanol–water partition coefficient (Wildman–Crippen LogP) is 5.44. The van der Waals surface area contributed by atoms with Crippen molar-refractivity contribution in [3.8, 4) is 27.6 Å². The molecule has 17 heteroatoms. The molecule has 5 aromatic rings. The first-order valence-corrected chi connectivity index (χ1v) is 23.0. The second kappa shape index (κ2) is 18.7. The Morgan fingerprint density at radius 3 is 2.38 bits per heavy atom. The van der Waals surface area contributed by atoms with Crippen LogP contribution in [0.15, 0.2) is 78.4 Å². The molecule has 3 aromatic heterocycles. The fourth-order valence-electron chi connectivity index (χ4n) is 8.77. The Bertz CT molecular complexity index is 2510. The summed E-state index contributed by atoms with van der Waals surface area (Å²) >= 11 is 1.58. The van der Waals surface area contributed by atoms with E-state index in [0.29, 0.717) is 42.2 Å². The lowest BCUT2D eigenvalue weighted by Crippen LogP contribution is -2.59. The van der Waals surface area contributed by atoms with Crippen LogP contribution in [0.1, 0.15) is 74.7 Å². The van der Waals surface area contributed by atoms with Crippen molar-refractivity contribution in [1.29, 1.82) is 0 Å². The zero-order chi connectivity index (χ0) is 46.0. The Hall–Kier alpha value is -6.17. The van der Waals surface area contributed by atoms with Gasteiger partial charge in [0.2, 0.25) is 17.7 Å². The number of ether oxygens (including phenoxy) is 1. The van der Waals surface area contributed by atoms with Gasteiger partial charge < -0.3 is 35.6 Å². The van der Waals surface area contributed by atoms with Gasteiger partial charge in [0.1, 0.15) is 29.2 Å². The fourth-order valence-corrected chi connectivity index (χ4v) is 9.58. The summed E-state index contributed by atoms with van der Waals surface area (Å²) in [5.41, 5.74) is 6.43. The fraction of sp³-hybridized carbons (Fsp3) is 0.438. The van der Waals surface area contributed by atoms with E-state index in [9.17, 15) is 24.3 Å². The van der Waals surface area contributed by atoms with Crippen LogP contribution >= 0.6 is 11.3 Å². The van der Waals surface area contributed by atoms with E-state index in [1.807, 2.05) is 82.6 Å². The van der Waals surface area contributed by atoms with Crippen molar-refractivity contribution in [2.75, 3.05) is 56.6 Å². The normalized spacial score (nSPS) is 19.3. The van der Waals surface area contributed by atoms with Crippen molar-refractivity contribution in [1.82, 2.24) is 40.6 Å². The van der Waals surface area contributed by atoms with Crippen molar-refractivity contribution >= 4 is 46.3 Å². The standard InChI is InChI=1S/C48H58N10O6S/c1-29(31-10-12-32(13-11-31)41-30(2)49-28-65-41)51-44(61)39-25-34(59)26-58(39)45(62)42(47(3,4)5)54-46(63)48(17-18-48)27-56-20-22-57(23-21-56)33-14-15-37(40(24-33)64-6)53-43(60)38-9-7-8-35(52-38)36-16-19-50-55-36/h7-16,19,24,28-29,34,39,42,59H,17-18,20-23,25-27H2,1-6H3,(H,50,55)(H,51,61)(H,53,60)(H,54,63)/t29-,34+,39-,42+/m0/s1. The van der Waals surface area contributed by atoms with Crippen LogP contribution in [0, 0.1) is 17.8 Å². The number of anilines is 2. The number of thiazole rings is 1. The van der Waals surface area contributed by atoms with Gasteiger partial charge in [0.25, 0.3) is 5.91 Å². The van der Waals surface area contributed by atoms with Crippen LogP contribution in [-0.2, 0) is 14.4 Å². The molecule has 1 saturated carbocycles. The van der Waals surface area contributed by atoms with E-state index in [2.05, 4.69) is 45.9 Å². The molecule has 5 heterocycles. The molecule has 16 nitrogen and oxygen atoms in total. The number of aliphatic hydroxyl groups is 1. The molecule has 2 saturated heterocycles. The van der Waals surface area contributed by atoms with Crippen LogP contribution in [0.2, 0.25) is 0 Å². The van der Waals surface area contributed by atoms with E-state index < -0.39 is 29.0 Å². The number of nitrogens with zero attached hydrogens (tertiary/aromatic N) is 6. The number of carbonyl (C=O) groups excluding carboxylic acids is 4. The Morgan fingerprint density at radius 1 is 0.985 bits per heavy atom. The molecule has 4 atom stereocenters. The summed E-state index contributed by atoms with van der Waals surface area (Å²) in [4.78, 5) is 71.6. The van der Waals surface area contributed by atoms with Gasteiger partial charge in [0.05, 0.1) is 52.1 Å². The number of hydrogen-bond donors (Lipinski definition) is 5. The van der Waals surface area contributed by atoms with Crippen molar-refractivity contribution in [2.24, 2.45) is 10.8 Å². The molecule has 0 spiro atoms. The number of aromatic amines is 1. The number of methoxy groups -OCH3 is 1. The predicted molar refractivity (Wildman–Crippen MR) is 249 cm³/mol. The topological polar surface area (TPSA) is 198 Å². The molecule has 5 N–H and O–H groups in total. The highest BCUT2D eigenvalue weighted by Gasteiger charge is 2.53. The summed E-state index contributed by atoms with van der Waals surface area (Å²) in [6.45, 7) is 13.1. The number of carbonyl (C=O) groups is 4. The van der Waals surface area contributed by atoms with E-state index in [1.54, 1.807) is 48.9 Å². The summed E-state index contributed by atoms with van der Waals surface area (Å²) in [7, 11) is 1.57. The summed E-state index contributed by atoms with van der Waals surface area (Å²) in [6, 6.07) is 18.6. The third-order valence-electron chi connectivity index (χ3n) is 12.8. The molecule has 1 aliphatic carbocycles.